The SMILES string of the molecule is C.C.CCC(C)(C)C(=O)Nc1ccc(S(=O)(=O)Oc2ccccc2)cc1. The van der Waals surface area contributed by atoms with Gasteiger partial charge in [-0.15, -0.1) is 0 Å². The van der Waals surface area contributed by atoms with Crippen molar-refractivity contribution in [3.8, 4) is 5.75 Å². The molecule has 0 bridgehead atoms. The van der Waals surface area contributed by atoms with Gasteiger partial charge in [0.1, 0.15) is 10.6 Å². The first-order valence-electron chi connectivity index (χ1n) is 7.66. The lowest BCUT2D eigenvalue weighted by atomic mass is 9.89. The van der Waals surface area contributed by atoms with Gasteiger partial charge in [-0.2, -0.15) is 8.42 Å². The van der Waals surface area contributed by atoms with Crippen molar-refractivity contribution in [2.45, 2.75) is 46.9 Å². The summed E-state index contributed by atoms with van der Waals surface area (Å²) in [5.41, 5.74) is 0.0569. The fraction of sp³-hybridized carbons (Fsp3) is 0.350. The van der Waals surface area contributed by atoms with Crippen molar-refractivity contribution in [3.63, 3.8) is 0 Å². The molecule has 2 aromatic carbocycles. The summed E-state index contributed by atoms with van der Waals surface area (Å²) >= 11 is 0. The Kier molecular flexibility index (Phi) is 8.54. The number of benzene rings is 2. The van der Waals surface area contributed by atoms with Crippen LogP contribution < -0.4 is 9.50 Å². The highest BCUT2D eigenvalue weighted by molar-refractivity contribution is 7.87. The average Bonchev–Trinajstić information content (AvgIpc) is 2.56. The number of hydrogen-bond acceptors (Lipinski definition) is 4. The number of carbonyl (C=O) groups excluding carboxylic acids is 1. The maximum atomic E-state index is 12.2. The van der Waals surface area contributed by atoms with Gasteiger partial charge in [0.25, 0.3) is 0 Å². The van der Waals surface area contributed by atoms with Crippen LogP contribution in [-0.2, 0) is 14.9 Å². The Labute approximate surface area is 157 Å². The van der Waals surface area contributed by atoms with Crippen LogP contribution in [0.1, 0.15) is 42.0 Å². The van der Waals surface area contributed by atoms with E-state index in [1.807, 2.05) is 20.8 Å². The molecule has 0 atom stereocenters. The van der Waals surface area contributed by atoms with Crippen molar-refractivity contribution in [1.29, 1.82) is 0 Å². The maximum Gasteiger partial charge on any atom is 0.339 e. The topological polar surface area (TPSA) is 72.5 Å². The van der Waals surface area contributed by atoms with E-state index in [-0.39, 0.29) is 31.4 Å². The van der Waals surface area contributed by atoms with E-state index in [0.29, 0.717) is 12.1 Å². The monoisotopic (exact) mass is 379 g/mol. The molecule has 2 aromatic rings. The molecule has 0 aliphatic carbocycles. The van der Waals surface area contributed by atoms with Gasteiger partial charge in [-0.3, -0.25) is 4.79 Å². The molecule has 1 N–H and O–H groups in total. The highest BCUT2D eigenvalue weighted by Crippen LogP contribution is 2.24. The number of nitrogens with one attached hydrogen (secondary N) is 1. The van der Waals surface area contributed by atoms with Crippen LogP contribution in [0.25, 0.3) is 0 Å². The third-order valence-corrected chi connectivity index (χ3v) is 5.11. The first kappa shape index (κ1) is 23.7. The average molecular weight is 380 g/mol. The van der Waals surface area contributed by atoms with E-state index >= 15 is 0 Å². The Balaban J connectivity index is 0.00000312. The van der Waals surface area contributed by atoms with Crippen molar-refractivity contribution >= 4 is 21.7 Å². The third-order valence-electron chi connectivity index (χ3n) is 3.85. The lowest BCUT2D eigenvalue weighted by Gasteiger charge is -2.21. The summed E-state index contributed by atoms with van der Waals surface area (Å²) < 4.78 is 29.5. The zero-order chi connectivity index (χ0) is 17.8. The summed E-state index contributed by atoms with van der Waals surface area (Å²) in [6.45, 7) is 5.65. The molecule has 0 aliphatic rings. The van der Waals surface area contributed by atoms with Gasteiger partial charge in [-0.25, -0.2) is 0 Å². The number of carbonyl (C=O) groups is 1. The van der Waals surface area contributed by atoms with Crippen LogP contribution >= 0.6 is 0 Å². The summed E-state index contributed by atoms with van der Waals surface area (Å²) in [6.07, 6.45) is 0.705. The van der Waals surface area contributed by atoms with Crippen LogP contribution in [0, 0.1) is 5.41 Å². The zero-order valence-electron chi connectivity index (χ0n) is 13.9. The number of hydrogen-bond donors (Lipinski definition) is 1. The summed E-state index contributed by atoms with van der Waals surface area (Å²) in [5.74, 6) is 0.140. The minimum Gasteiger partial charge on any atom is -0.379 e. The maximum absolute atomic E-state index is 12.2. The number of anilines is 1. The van der Waals surface area contributed by atoms with E-state index in [2.05, 4.69) is 5.32 Å². The van der Waals surface area contributed by atoms with Crippen molar-refractivity contribution in [2.24, 2.45) is 5.41 Å². The summed E-state index contributed by atoms with van der Waals surface area (Å²) in [7, 11) is -3.90. The first-order valence-corrected chi connectivity index (χ1v) is 9.06. The van der Waals surface area contributed by atoms with E-state index < -0.39 is 15.5 Å². The number of para-hydroxylation sites is 1. The molecule has 0 saturated heterocycles. The van der Waals surface area contributed by atoms with Crippen LogP contribution in [0.5, 0.6) is 5.75 Å². The van der Waals surface area contributed by atoms with Gasteiger partial charge in [-0.05, 0) is 42.8 Å². The molecular weight excluding hydrogens is 350 g/mol. The molecule has 1 amide bonds. The Bertz CT molecular complexity index is 797. The fourth-order valence-electron chi connectivity index (χ4n) is 1.82. The third kappa shape index (κ3) is 5.88. The molecular formula is C20H29NO4S. The molecule has 0 fully saturated rings. The Hall–Kier alpha value is -2.34. The molecule has 0 heterocycles. The predicted molar refractivity (Wildman–Crippen MR) is 107 cm³/mol. The molecule has 0 spiro atoms. The summed E-state index contributed by atoms with van der Waals surface area (Å²) in [5, 5.41) is 2.79. The van der Waals surface area contributed by atoms with Gasteiger partial charge >= 0.3 is 10.1 Å². The van der Waals surface area contributed by atoms with Crippen LogP contribution in [0.4, 0.5) is 5.69 Å². The highest BCUT2D eigenvalue weighted by atomic mass is 32.2. The molecule has 0 unspecified atom stereocenters. The minimum atomic E-state index is -3.90. The molecule has 0 saturated carbocycles. The van der Waals surface area contributed by atoms with Gasteiger partial charge in [0.2, 0.25) is 5.91 Å². The summed E-state index contributed by atoms with van der Waals surface area (Å²) in [6, 6.07) is 14.2. The van der Waals surface area contributed by atoms with Crippen molar-refractivity contribution in [3.05, 3.63) is 54.6 Å². The first-order chi connectivity index (χ1) is 11.2. The second-order valence-electron chi connectivity index (χ2n) is 6.07. The molecule has 2 rings (SSSR count). The largest absolute Gasteiger partial charge is 0.379 e. The van der Waals surface area contributed by atoms with Gasteiger partial charge in [0, 0.05) is 11.1 Å². The van der Waals surface area contributed by atoms with E-state index in [1.54, 1.807) is 42.5 Å². The molecule has 6 heteroatoms. The van der Waals surface area contributed by atoms with Crippen LogP contribution in [-0.4, -0.2) is 14.3 Å². The standard InChI is InChI=1S/C18H21NO4S.2CH4/c1-4-18(2,3)17(20)19-14-10-12-16(13-11-14)24(21,22)23-15-8-6-5-7-9-15;;/h5-13H,4H2,1-3H3,(H,19,20);2*1H4. The van der Waals surface area contributed by atoms with Crippen molar-refractivity contribution in [2.75, 3.05) is 5.32 Å². The molecule has 144 valence electrons. The second kappa shape index (κ2) is 9.38. The lowest BCUT2D eigenvalue weighted by Crippen LogP contribution is -2.29. The van der Waals surface area contributed by atoms with Gasteiger partial charge < -0.3 is 9.50 Å². The predicted octanol–water partition coefficient (Wildman–Crippen LogP) is 5.10. The van der Waals surface area contributed by atoms with E-state index in [9.17, 15) is 13.2 Å². The molecule has 26 heavy (non-hydrogen) atoms. The second-order valence-corrected chi connectivity index (χ2v) is 7.61. The van der Waals surface area contributed by atoms with E-state index in [0.717, 1.165) is 0 Å². The number of amides is 1. The Morgan fingerprint density at radius 3 is 2.04 bits per heavy atom. The van der Waals surface area contributed by atoms with Gasteiger partial charge in [0.05, 0.1) is 0 Å². The molecule has 5 nitrogen and oxygen atoms in total. The zero-order valence-corrected chi connectivity index (χ0v) is 14.8. The molecule has 0 aromatic heterocycles. The van der Waals surface area contributed by atoms with E-state index in [1.165, 1.54) is 12.1 Å². The fourth-order valence-corrected chi connectivity index (χ4v) is 2.75. The van der Waals surface area contributed by atoms with Crippen LogP contribution in [0.3, 0.4) is 0 Å². The van der Waals surface area contributed by atoms with Gasteiger partial charge in [-0.1, -0.05) is 53.8 Å². The minimum absolute atomic E-state index is 0. The Morgan fingerprint density at radius 1 is 1.00 bits per heavy atom. The van der Waals surface area contributed by atoms with Gasteiger partial charge in [0.15, 0.2) is 0 Å². The van der Waals surface area contributed by atoms with E-state index in [4.69, 9.17) is 4.18 Å². The van der Waals surface area contributed by atoms with Crippen LogP contribution in [0.2, 0.25) is 0 Å². The quantitative estimate of drug-likeness (QED) is 0.709. The normalized spacial score (nSPS) is 10.9. The van der Waals surface area contributed by atoms with Crippen molar-refractivity contribution < 1.29 is 17.4 Å². The van der Waals surface area contributed by atoms with Crippen LogP contribution in [0.15, 0.2) is 59.5 Å². The van der Waals surface area contributed by atoms with Crippen molar-refractivity contribution in [1.82, 2.24) is 0 Å². The molecule has 0 radical (unpaired) electrons. The number of rotatable bonds is 6. The molecule has 0 aliphatic heterocycles. The Morgan fingerprint density at radius 2 is 1.54 bits per heavy atom. The summed E-state index contributed by atoms with van der Waals surface area (Å²) in [4.78, 5) is 12.2. The smallest absolute Gasteiger partial charge is 0.339 e. The lowest BCUT2D eigenvalue weighted by molar-refractivity contribution is -0.124. The highest BCUT2D eigenvalue weighted by Gasteiger charge is 2.25.